The molecule has 2 nitrogen and oxygen atoms in total. The molecule has 0 aliphatic heterocycles. The van der Waals surface area contributed by atoms with Gasteiger partial charge in [0.25, 0.3) is 0 Å². The van der Waals surface area contributed by atoms with Gasteiger partial charge in [-0.25, -0.2) is 0 Å². The van der Waals surface area contributed by atoms with E-state index in [4.69, 9.17) is 5.73 Å². The summed E-state index contributed by atoms with van der Waals surface area (Å²) in [5, 5.41) is 9.36. The SMILES string of the molecule is CC1(C)C2CCC(C2)C1(N)CO. The van der Waals surface area contributed by atoms with Gasteiger partial charge in [0.15, 0.2) is 0 Å². The van der Waals surface area contributed by atoms with Crippen molar-refractivity contribution in [3.63, 3.8) is 0 Å². The van der Waals surface area contributed by atoms with Gasteiger partial charge in [-0.05, 0) is 36.5 Å². The van der Waals surface area contributed by atoms with E-state index in [1.54, 1.807) is 0 Å². The van der Waals surface area contributed by atoms with E-state index >= 15 is 0 Å². The zero-order chi connectivity index (χ0) is 8.98. The maximum atomic E-state index is 9.36. The summed E-state index contributed by atoms with van der Waals surface area (Å²) in [6.07, 6.45) is 3.78. The van der Waals surface area contributed by atoms with Crippen LogP contribution in [0.15, 0.2) is 0 Å². The standard InChI is InChI=1S/C10H19NO/c1-9(2)7-3-4-8(5-7)10(9,11)6-12/h7-8,12H,3-6,11H2,1-2H3. The van der Waals surface area contributed by atoms with Gasteiger partial charge in [0.2, 0.25) is 0 Å². The first-order chi connectivity index (χ1) is 5.52. The molecule has 2 aliphatic rings. The van der Waals surface area contributed by atoms with Crippen molar-refractivity contribution >= 4 is 0 Å². The molecule has 0 aromatic heterocycles. The highest BCUT2D eigenvalue weighted by Crippen LogP contribution is 2.59. The predicted molar refractivity (Wildman–Crippen MR) is 48.6 cm³/mol. The smallest absolute Gasteiger partial charge is 0.0619 e. The molecule has 2 bridgehead atoms. The van der Waals surface area contributed by atoms with Gasteiger partial charge in [-0.15, -0.1) is 0 Å². The van der Waals surface area contributed by atoms with Gasteiger partial charge in [-0.3, -0.25) is 0 Å². The van der Waals surface area contributed by atoms with Crippen molar-refractivity contribution in [3.05, 3.63) is 0 Å². The van der Waals surface area contributed by atoms with E-state index in [1.165, 1.54) is 19.3 Å². The summed E-state index contributed by atoms with van der Waals surface area (Å²) in [5.41, 5.74) is 6.12. The summed E-state index contributed by atoms with van der Waals surface area (Å²) in [7, 11) is 0. The number of fused-ring (bicyclic) bond motifs is 2. The molecule has 0 heterocycles. The van der Waals surface area contributed by atoms with Crippen LogP contribution in [0.1, 0.15) is 33.1 Å². The average Bonchev–Trinajstić information content (AvgIpc) is 2.55. The zero-order valence-electron chi connectivity index (χ0n) is 8.01. The summed E-state index contributed by atoms with van der Waals surface area (Å²) in [6.45, 7) is 4.58. The summed E-state index contributed by atoms with van der Waals surface area (Å²) < 4.78 is 0. The van der Waals surface area contributed by atoms with Crippen molar-refractivity contribution in [3.8, 4) is 0 Å². The lowest BCUT2D eigenvalue weighted by molar-refractivity contribution is 0.0321. The van der Waals surface area contributed by atoms with Crippen LogP contribution >= 0.6 is 0 Å². The van der Waals surface area contributed by atoms with E-state index in [0.717, 1.165) is 5.92 Å². The Kier molecular flexibility index (Phi) is 1.59. The summed E-state index contributed by atoms with van der Waals surface area (Å²) in [4.78, 5) is 0. The van der Waals surface area contributed by atoms with Crippen LogP contribution in [-0.4, -0.2) is 17.3 Å². The first-order valence-electron chi connectivity index (χ1n) is 4.92. The maximum absolute atomic E-state index is 9.36. The van der Waals surface area contributed by atoms with Gasteiger partial charge >= 0.3 is 0 Å². The molecule has 0 aromatic rings. The largest absolute Gasteiger partial charge is 0.394 e. The first-order valence-corrected chi connectivity index (χ1v) is 4.92. The maximum Gasteiger partial charge on any atom is 0.0619 e. The molecule has 0 amide bonds. The lowest BCUT2D eigenvalue weighted by Crippen LogP contribution is -2.59. The molecule has 2 saturated carbocycles. The highest BCUT2D eigenvalue weighted by molar-refractivity contribution is 5.14. The molecule has 3 unspecified atom stereocenters. The van der Waals surface area contributed by atoms with Crippen LogP contribution in [0.3, 0.4) is 0 Å². The van der Waals surface area contributed by atoms with Gasteiger partial charge in [0.1, 0.15) is 0 Å². The number of aliphatic hydroxyl groups is 1. The minimum atomic E-state index is -0.296. The molecule has 12 heavy (non-hydrogen) atoms. The van der Waals surface area contributed by atoms with Crippen LogP contribution in [0.25, 0.3) is 0 Å². The van der Waals surface area contributed by atoms with Gasteiger partial charge in [-0.1, -0.05) is 13.8 Å². The molecular formula is C10H19NO. The lowest BCUT2D eigenvalue weighted by Gasteiger charge is -2.46. The second kappa shape index (κ2) is 2.24. The molecule has 3 atom stereocenters. The molecule has 2 heteroatoms. The van der Waals surface area contributed by atoms with Crippen molar-refractivity contribution in [2.75, 3.05) is 6.61 Å². The Balaban J connectivity index is 2.34. The normalized spacial score (nSPS) is 50.0. The van der Waals surface area contributed by atoms with Crippen molar-refractivity contribution in [2.24, 2.45) is 23.0 Å². The second-order valence-electron chi connectivity index (χ2n) is 5.13. The van der Waals surface area contributed by atoms with Gasteiger partial charge in [0.05, 0.1) is 6.61 Å². The zero-order valence-corrected chi connectivity index (χ0v) is 8.01. The first kappa shape index (κ1) is 8.52. The molecule has 0 saturated heterocycles. The Morgan fingerprint density at radius 1 is 1.33 bits per heavy atom. The molecular weight excluding hydrogens is 150 g/mol. The van der Waals surface area contributed by atoms with Gasteiger partial charge in [0, 0.05) is 5.54 Å². The van der Waals surface area contributed by atoms with Crippen LogP contribution in [-0.2, 0) is 0 Å². The predicted octanol–water partition coefficient (Wildman–Crippen LogP) is 1.13. The van der Waals surface area contributed by atoms with E-state index in [2.05, 4.69) is 13.8 Å². The second-order valence-corrected chi connectivity index (χ2v) is 5.13. The van der Waals surface area contributed by atoms with Gasteiger partial charge < -0.3 is 10.8 Å². The third kappa shape index (κ3) is 0.728. The number of nitrogens with two attached hydrogens (primary N) is 1. The van der Waals surface area contributed by atoms with Crippen LogP contribution in [0.4, 0.5) is 0 Å². The fraction of sp³-hybridized carbons (Fsp3) is 1.00. The molecule has 2 rings (SSSR count). The molecule has 0 spiro atoms. The molecule has 2 fully saturated rings. The van der Waals surface area contributed by atoms with Crippen molar-refractivity contribution in [1.29, 1.82) is 0 Å². The van der Waals surface area contributed by atoms with Crippen molar-refractivity contribution < 1.29 is 5.11 Å². The highest BCUT2D eigenvalue weighted by Gasteiger charge is 2.60. The molecule has 0 radical (unpaired) electrons. The summed E-state index contributed by atoms with van der Waals surface area (Å²) in [6, 6.07) is 0. The minimum absolute atomic E-state index is 0.144. The third-order valence-corrected chi connectivity index (χ3v) is 4.64. The molecule has 70 valence electrons. The fourth-order valence-corrected chi connectivity index (χ4v) is 3.34. The molecule has 3 N–H and O–H groups in total. The minimum Gasteiger partial charge on any atom is -0.394 e. The Bertz CT molecular complexity index is 202. The topological polar surface area (TPSA) is 46.2 Å². The monoisotopic (exact) mass is 169 g/mol. The van der Waals surface area contributed by atoms with E-state index in [0.29, 0.717) is 5.92 Å². The van der Waals surface area contributed by atoms with Crippen molar-refractivity contribution in [2.45, 2.75) is 38.6 Å². The number of hydrogen-bond donors (Lipinski definition) is 2. The molecule has 2 aliphatic carbocycles. The third-order valence-electron chi connectivity index (χ3n) is 4.64. The van der Waals surface area contributed by atoms with Crippen LogP contribution in [0, 0.1) is 17.3 Å². The average molecular weight is 169 g/mol. The van der Waals surface area contributed by atoms with E-state index in [9.17, 15) is 5.11 Å². The van der Waals surface area contributed by atoms with Crippen LogP contribution in [0.5, 0.6) is 0 Å². The van der Waals surface area contributed by atoms with Crippen molar-refractivity contribution in [1.82, 2.24) is 0 Å². The fourth-order valence-electron chi connectivity index (χ4n) is 3.34. The summed E-state index contributed by atoms with van der Waals surface area (Å²) >= 11 is 0. The Labute approximate surface area is 74.1 Å². The highest BCUT2D eigenvalue weighted by atomic mass is 16.3. The number of rotatable bonds is 1. The lowest BCUT2D eigenvalue weighted by atomic mass is 9.64. The van der Waals surface area contributed by atoms with Crippen LogP contribution < -0.4 is 5.73 Å². The van der Waals surface area contributed by atoms with E-state index < -0.39 is 0 Å². The Morgan fingerprint density at radius 2 is 1.92 bits per heavy atom. The van der Waals surface area contributed by atoms with E-state index in [-0.39, 0.29) is 17.6 Å². The quantitative estimate of drug-likeness (QED) is 0.618. The number of aliphatic hydroxyl groups excluding tert-OH is 1. The Morgan fingerprint density at radius 3 is 2.25 bits per heavy atom. The number of hydrogen-bond acceptors (Lipinski definition) is 2. The Hall–Kier alpha value is -0.0800. The van der Waals surface area contributed by atoms with E-state index in [1.807, 2.05) is 0 Å². The van der Waals surface area contributed by atoms with Gasteiger partial charge in [-0.2, -0.15) is 0 Å². The summed E-state index contributed by atoms with van der Waals surface area (Å²) in [5.74, 6) is 1.32. The van der Waals surface area contributed by atoms with Crippen LogP contribution in [0.2, 0.25) is 0 Å². The molecule has 0 aromatic carbocycles.